The Morgan fingerprint density at radius 3 is 2.03 bits per heavy atom. The molecule has 0 unspecified atom stereocenters. The van der Waals surface area contributed by atoms with Crippen LogP contribution in [-0.4, -0.2) is 31.6 Å². The van der Waals surface area contributed by atoms with Crippen LogP contribution in [-0.2, 0) is 9.59 Å². The molecule has 31 heavy (non-hydrogen) atoms. The van der Waals surface area contributed by atoms with Crippen LogP contribution < -0.4 is 19.7 Å². The molecule has 0 spiro atoms. The van der Waals surface area contributed by atoms with E-state index in [4.69, 9.17) is 9.47 Å². The van der Waals surface area contributed by atoms with Crippen LogP contribution >= 0.6 is 0 Å². The van der Waals surface area contributed by atoms with Crippen LogP contribution in [0, 0.1) is 0 Å². The number of benzene rings is 3. The van der Waals surface area contributed by atoms with E-state index in [-0.39, 0.29) is 24.5 Å². The van der Waals surface area contributed by atoms with Gasteiger partial charge in [0.05, 0.1) is 6.04 Å². The second-order valence-corrected chi connectivity index (χ2v) is 7.86. The van der Waals surface area contributed by atoms with Crippen molar-refractivity contribution in [3.8, 4) is 11.5 Å². The number of Topliss-reactive ketones (excluding diaryl/α,β-unsaturated/α-hetero) is 1. The Labute approximate surface area is 180 Å². The molecule has 0 aliphatic carbocycles. The molecule has 0 aromatic heterocycles. The van der Waals surface area contributed by atoms with Crippen molar-refractivity contribution in [3.05, 3.63) is 95.6 Å². The molecule has 0 radical (unpaired) electrons. The summed E-state index contributed by atoms with van der Waals surface area (Å²) < 4.78 is 10.9. The van der Waals surface area contributed by atoms with Crippen molar-refractivity contribution in [3.63, 3.8) is 0 Å². The van der Waals surface area contributed by atoms with Crippen LogP contribution in [0.2, 0.25) is 0 Å². The van der Waals surface area contributed by atoms with Crippen LogP contribution in [0.3, 0.4) is 0 Å². The van der Waals surface area contributed by atoms with Gasteiger partial charge in [0.15, 0.2) is 17.5 Å². The lowest BCUT2D eigenvalue weighted by Gasteiger charge is -2.34. The minimum absolute atomic E-state index is 0.126. The quantitative estimate of drug-likeness (QED) is 0.645. The molecule has 0 bridgehead atoms. The van der Waals surface area contributed by atoms with Gasteiger partial charge in [0.1, 0.15) is 13.1 Å². The van der Waals surface area contributed by atoms with Gasteiger partial charge in [0.25, 0.3) is 5.91 Å². The maximum Gasteiger partial charge on any atom is 0.283 e. The SMILES string of the molecule is O=C1C[NH+]([C@H](C(=O)NC(c2ccccc2)c2ccccc2)c2ccc3c(c2)OCO3)C1. The van der Waals surface area contributed by atoms with Crippen LogP contribution in [0.4, 0.5) is 0 Å². The highest BCUT2D eigenvalue weighted by atomic mass is 16.7. The van der Waals surface area contributed by atoms with Gasteiger partial charge >= 0.3 is 0 Å². The minimum atomic E-state index is -0.512. The molecule has 0 saturated carbocycles. The molecule has 2 aliphatic rings. The Balaban J connectivity index is 1.47. The van der Waals surface area contributed by atoms with Crippen molar-refractivity contribution in [1.82, 2.24) is 5.32 Å². The topological polar surface area (TPSA) is 69.1 Å². The second-order valence-electron chi connectivity index (χ2n) is 7.86. The fourth-order valence-corrected chi connectivity index (χ4v) is 4.20. The Morgan fingerprint density at radius 2 is 1.42 bits per heavy atom. The van der Waals surface area contributed by atoms with Crippen molar-refractivity contribution in [2.24, 2.45) is 0 Å². The highest BCUT2D eigenvalue weighted by molar-refractivity contribution is 5.87. The monoisotopic (exact) mass is 415 g/mol. The molecule has 3 aromatic rings. The van der Waals surface area contributed by atoms with E-state index in [0.717, 1.165) is 21.6 Å². The lowest BCUT2D eigenvalue weighted by atomic mass is 9.96. The highest BCUT2D eigenvalue weighted by Gasteiger charge is 2.41. The van der Waals surface area contributed by atoms with E-state index < -0.39 is 6.04 Å². The van der Waals surface area contributed by atoms with E-state index in [1.54, 1.807) is 0 Å². The average molecular weight is 415 g/mol. The number of nitrogens with one attached hydrogen (secondary N) is 2. The minimum Gasteiger partial charge on any atom is -0.454 e. The van der Waals surface area contributed by atoms with Crippen molar-refractivity contribution in [2.45, 2.75) is 12.1 Å². The van der Waals surface area contributed by atoms with Gasteiger partial charge in [-0.1, -0.05) is 60.7 Å². The van der Waals surface area contributed by atoms with Crippen molar-refractivity contribution in [1.29, 1.82) is 0 Å². The van der Waals surface area contributed by atoms with Gasteiger partial charge in [0, 0.05) is 5.56 Å². The number of ketones is 1. The fraction of sp³-hybridized carbons (Fsp3) is 0.200. The van der Waals surface area contributed by atoms with Crippen molar-refractivity contribution in [2.75, 3.05) is 19.9 Å². The number of hydrogen-bond donors (Lipinski definition) is 2. The largest absolute Gasteiger partial charge is 0.454 e. The van der Waals surface area contributed by atoms with Crippen molar-refractivity contribution < 1.29 is 24.0 Å². The summed E-state index contributed by atoms with van der Waals surface area (Å²) in [5, 5.41) is 3.24. The molecule has 1 fully saturated rings. The van der Waals surface area contributed by atoms with Crippen LogP contribution in [0.25, 0.3) is 0 Å². The zero-order valence-corrected chi connectivity index (χ0v) is 16.9. The molecule has 2 N–H and O–H groups in total. The van der Waals surface area contributed by atoms with Gasteiger partial charge in [-0.25, -0.2) is 0 Å². The van der Waals surface area contributed by atoms with Crippen LogP contribution in [0.1, 0.15) is 28.8 Å². The first-order chi connectivity index (χ1) is 15.2. The van der Waals surface area contributed by atoms with Gasteiger partial charge in [0.2, 0.25) is 12.6 Å². The maximum absolute atomic E-state index is 13.6. The molecule has 156 valence electrons. The fourth-order valence-electron chi connectivity index (χ4n) is 4.20. The van der Waals surface area contributed by atoms with Crippen LogP contribution in [0.15, 0.2) is 78.9 Å². The number of carbonyl (C=O) groups excluding carboxylic acids is 2. The normalized spacial score (nSPS) is 16.1. The number of amides is 1. The summed E-state index contributed by atoms with van der Waals surface area (Å²) in [6, 6.07) is 24.6. The van der Waals surface area contributed by atoms with E-state index in [1.165, 1.54) is 0 Å². The van der Waals surface area contributed by atoms with E-state index in [1.807, 2.05) is 78.9 Å². The lowest BCUT2D eigenvalue weighted by Crippen LogP contribution is -3.21. The number of likely N-dealkylation sites (tertiary alicyclic amines) is 1. The summed E-state index contributed by atoms with van der Waals surface area (Å²) >= 11 is 0. The standard InChI is InChI=1S/C25H22N2O4/c28-20-14-27(15-20)24(19-11-12-21-22(13-19)31-16-30-21)25(29)26-23(17-7-3-1-4-8-17)18-9-5-2-6-10-18/h1-13,23-24H,14-16H2,(H,26,29)/p+1/t24-/m0/s1. The predicted molar refractivity (Wildman–Crippen MR) is 114 cm³/mol. The third-order valence-corrected chi connectivity index (χ3v) is 5.80. The third-order valence-electron chi connectivity index (χ3n) is 5.80. The molecule has 5 rings (SSSR count). The van der Waals surface area contributed by atoms with E-state index >= 15 is 0 Å². The van der Waals surface area contributed by atoms with Gasteiger partial charge in [-0.15, -0.1) is 0 Å². The number of carbonyl (C=O) groups is 2. The summed E-state index contributed by atoms with van der Waals surface area (Å²) in [4.78, 5) is 26.3. The Morgan fingerprint density at radius 1 is 0.806 bits per heavy atom. The number of quaternary nitrogens is 1. The number of hydrogen-bond acceptors (Lipinski definition) is 4. The first-order valence-electron chi connectivity index (χ1n) is 10.3. The van der Waals surface area contributed by atoms with E-state index in [2.05, 4.69) is 5.32 Å². The van der Waals surface area contributed by atoms with E-state index in [9.17, 15) is 9.59 Å². The smallest absolute Gasteiger partial charge is 0.283 e. The second kappa shape index (κ2) is 8.24. The van der Waals surface area contributed by atoms with Crippen LogP contribution in [0.5, 0.6) is 11.5 Å². The molecular formula is C25H23N2O4+. The van der Waals surface area contributed by atoms with Gasteiger partial charge < -0.3 is 19.7 Å². The molecule has 3 aromatic carbocycles. The summed E-state index contributed by atoms with van der Waals surface area (Å²) in [6.07, 6.45) is 0. The molecule has 1 amide bonds. The molecule has 1 atom stereocenters. The lowest BCUT2D eigenvalue weighted by molar-refractivity contribution is -0.929. The predicted octanol–water partition coefficient (Wildman–Crippen LogP) is 1.83. The average Bonchev–Trinajstić information content (AvgIpc) is 3.26. The summed E-state index contributed by atoms with van der Waals surface area (Å²) in [7, 11) is 0. The summed E-state index contributed by atoms with van der Waals surface area (Å²) in [5.74, 6) is 1.34. The Bertz CT molecular complexity index is 1050. The highest BCUT2D eigenvalue weighted by Crippen LogP contribution is 2.34. The molecule has 6 heteroatoms. The third kappa shape index (κ3) is 3.90. The first kappa shape index (κ1) is 19.3. The number of fused-ring (bicyclic) bond motifs is 1. The summed E-state index contributed by atoms with van der Waals surface area (Å²) in [5.41, 5.74) is 2.81. The van der Waals surface area contributed by atoms with E-state index in [0.29, 0.717) is 24.6 Å². The molecular weight excluding hydrogens is 392 g/mol. The van der Waals surface area contributed by atoms with Gasteiger partial charge in [-0.3, -0.25) is 9.59 Å². The zero-order valence-electron chi connectivity index (χ0n) is 16.9. The Hall–Kier alpha value is -3.64. The Kier molecular flexibility index (Phi) is 5.14. The summed E-state index contributed by atoms with van der Waals surface area (Å²) in [6.45, 7) is 0.858. The van der Waals surface area contributed by atoms with Gasteiger partial charge in [-0.2, -0.15) is 0 Å². The first-order valence-corrected chi connectivity index (χ1v) is 10.3. The number of rotatable bonds is 6. The van der Waals surface area contributed by atoms with Crippen molar-refractivity contribution >= 4 is 11.7 Å². The molecule has 6 nitrogen and oxygen atoms in total. The molecule has 2 heterocycles. The van der Waals surface area contributed by atoms with Gasteiger partial charge in [-0.05, 0) is 29.3 Å². The maximum atomic E-state index is 13.6. The molecule has 2 aliphatic heterocycles. The zero-order chi connectivity index (χ0) is 21.2. The molecule has 1 saturated heterocycles. The number of ether oxygens (including phenoxy) is 2.